The van der Waals surface area contributed by atoms with E-state index in [1.165, 1.54) is 4.90 Å². The van der Waals surface area contributed by atoms with Crippen LogP contribution in [0.4, 0.5) is 0 Å². The number of ketones is 1. The van der Waals surface area contributed by atoms with Gasteiger partial charge in [0.25, 0.3) is 0 Å². The van der Waals surface area contributed by atoms with Crippen LogP contribution in [0.1, 0.15) is 62.4 Å². The molecule has 0 bridgehead atoms. The number of amides is 3. The summed E-state index contributed by atoms with van der Waals surface area (Å²) in [6, 6.07) is 15.9. The Kier molecular flexibility index (Phi) is 11.6. The van der Waals surface area contributed by atoms with E-state index in [-0.39, 0.29) is 37.5 Å². The molecule has 0 spiro atoms. The molecule has 9 heteroatoms. The second-order valence-electron chi connectivity index (χ2n) is 10.4. The zero-order valence-corrected chi connectivity index (χ0v) is 23.4. The smallest absolute Gasteiger partial charge is 0.246 e. The number of benzene rings is 2. The van der Waals surface area contributed by atoms with Crippen LogP contribution in [0.3, 0.4) is 0 Å². The quantitative estimate of drug-likeness (QED) is 0.276. The highest BCUT2D eigenvalue weighted by atomic mass is 16.5. The normalized spacial score (nSPS) is 18.1. The van der Waals surface area contributed by atoms with Crippen LogP contribution in [0, 0.1) is 5.92 Å². The number of carbonyl (C=O) groups is 5. The molecular weight excluding hydrogens is 510 g/mol. The SMILES string of the molecule is CC[C@@H](C=O)NC(=O)[C@@H]1C[C@@H](OCc2ccccc2)CN1C(=O)[C@@H](NC(=O)CCC(=O)c1ccccc1)C(C)C. The van der Waals surface area contributed by atoms with Gasteiger partial charge in [-0.1, -0.05) is 81.4 Å². The van der Waals surface area contributed by atoms with Gasteiger partial charge in [0.2, 0.25) is 17.7 Å². The first-order valence-electron chi connectivity index (χ1n) is 13.8. The molecule has 9 nitrogen and oxygen atoms in total. The third-order valence-electron chi connectivity index (χ3n) is 7.03. The van der Waals surface area contributed by atoms with Crippen LogP contribution in [0.15, 0.2) is 60.7 Å². The third kappa shape index (κ3) is 8.58. The van der Waals surface area contributed by atoms with Gasteiger partial charge in [0.05, 0.1) is 18.8 Å². The molecule has 0 unspecified atom stereocenters. The lowest BCUT2D eigenvalue weighted by Crippen LogP contribution is -2.56. The average molecular weight is 550 g/mol. The molecule has 214 valence electrons. The van der Waals surface area contributed by atoms with Crippen LogP contribution in [0.2, 0.25) is 0 Å². The average Bonchev–Trinajstić information content (AvgIpc) is 3.41. The lowest BCUT2D eigenvalue weighted by molar-refractivity contribution is -0.143. The zero-order valence-electron chi connectivity index (χ0n) is 23.4. The summed E-state index contributed by atoms with van der Waals surface area (Å²) in [5.41, 5.74) is 1.50. The Morgan fingerprint density at radius 3 is 2.23 bits per heavy atom. The summed E-state index contributed by atoms with van der Waals surface area (Å²) >= 11 is 0. The van der Waals surface area contributed by atoms with Gasteiger partial charge in [-0.3, -0.25) is 19.2 Å². The predicted octanol–water partition coefficient (Wildman–Crippen LogP) is 3.07. The van der Waals surface area contributed by atoms with Crippen LogP contribution in [0.25, 0.3) is 0 Å². The first kappa shape index (κ1) is 30.7. The van der Waals surface area contributed by atoms with Crippen LogP contribution in [0.5, 0.6) is 0 Å². The van der Waals surface area contributed by atoms with Crippen molar-refractivity contribution < 1.29 is 28.7 Å². The van der Waals surface area contributed by atoms with Crippen molar-refractivity contribution in [2.75, 3.05) is 6.54 Å². The molecule has 2 aromatic carbocycles. The van der Waals surface area contributed by atoms with Gasteiger partial charge in [0.1, 0.15) is 18.4 Å². The van der Waals surface area contributed by atoms with Gasteiger partial charge in [-0.05, 0) is 17.9 Å². The highest BCUT2D eigenvalue weighted by molar-refractivity contribution is 5.98. The number of nitrogens with zero attached hydrogens (tertiary/aromatic N) is 1. The molecule has 1 saturated heterocycles. The molecular formula is C31H39N3O6. The molecule has 0 saturated carbocycles. The van der Waals surface area contributed by atoms with Crippen molar-refractivity contribution in [2.45, 2.75) is 77.3 Å². The maximum absolute atomic E-state index is 13.8. The first-order valence-corrected chi connectivity index (χ1v) is 13.8. The molecule has 2 N–H and O–H groups in total. The molecule has 3 amide bonds. The molecule has 0 aliphatic carbocycles. The summed E-state index contributed by atoms with van der Waals surface area (Å²) in [6.45, 7) is 5.91. The third-order valence-corrected chi connectivity index (χ3v) is 7.03. The summed E-state index contributed by atoms with van der Waals surface area (Å²) in [5.74, 6) is -1.67. The topological polar surface area (TPSA) is 122 Å². The summed E-state index contributed by atoms with van der Waals surface area (Å²) in [4.78, 5) is 65.0. The van der Waals surface area contributed by atoms with E-state index in [0.717, 1.165) is 5.56 Å². The van der Waals surface area contributed by atoms with E-state index in [9.17, 15) is 24.0 Å². The number of carbonyl (C=O) groups excluding carboxylic acids is 5. The highest BCUT2D eigenvalue weighted by Crippen LogP contribution is 2.24. The van der Waals surface area contributed by atoms with E-state index in [4.69, 9.17) is 4.74 Å². The molecule has 1 aliphatic rings. The fraction of sp³-hybridized carbons (Fsp3) is 0.452. The number of Topliss-reactive ketones (excluding diaryl/α,β-unsaturated/α-hetero) is 1. The minimum Gasteiger partial charge on any atom is -0.372 e. The van der Waals surface area contributed by atoms with Crippen LogP contribution >= 0.6 is 0 Å². The van der Waals surface area contributed by atoms with Crippen molar-refractivity contribution >= 4 is 29.8 Å². The van der Waals surface area contributed by atoms with Gasteiger partial charge in [0, 0.05) is 31.4 Å². The second kappa shape index (κ2) is 15.1. The van der Waals surface area contributed by atoms with Gasteiger partial charge in [0.15, 0.2) is 5.78 Å². The van der Waals surface area contributed by atoms with E-state index < -0.39 is 42.0 Å². The van der Waals surface area contributed by atoms with E-state index in [1.54, 1.807) is 31.2 Å². The summed E-state index contributed by atoms with van der Waals surface area (Å²) in [7, 11) is 0. The maximum Gasteiger partial charge on any atom is 0.246 e. The number of hydrogen-bond donors (Lipinski definition) is 2. The lowest BCUT2D eigenvalue weighted by Gasteiger charge is -2.30. The van der Waals surface area contributed by atoms with Crippen molar-refractivity contribution in [1.29, 1.82) is 0 Å². The van der Waals surface area contributed by atoms with Gasteiger partial charge in [-0.2, -0.15) is 0 Å². The Morgan fingerprint density at radius 1 is 0.975 bits per heavy atom. The van der Waals surface area contributed by atoms with Gasteiger partial charge >= 0.3 is 0 Å². The Bertz CT molecular complexity index is 1150. The van der Waals surface area contributed by atoms with Crippen molar-refractivity contribution in [3.8, 4) is 0 Å². The Morgan fingerprint density at radius 2 is 1.62 bits per heavy atom. The number of likely N-dealkylation sites (tertiary alicyclic amines) is 1. The predicted molar refractivity (Wildman–Crippen MR) is 150 cm³/mol. The van der Waals surface area contributed by atoms with Gasteiger partial charge in [-0.25, -0.2) is 0 Å². The largest absolute Gasteiger partial charge is 0.372 e. The number of hydrogen-bond acceptors (Lipinski definition) is 6. The molecule has 1 fully saturated rings. The fourth-order valence-electron chi connectivity index (χ4n) is 4.64. The minimum atomic E-state index is -0.893. The molecule has 1 heterocycles. The summed E-state index contributed by atoms with van der Waals surface area (Å²) in [5, 5.41) is 5.50. The van der Waals surface area contributed by atoms with E-state index >= 15 is 0 Å². The molecule has 0 radical (unpaired) electrons. The highest BCUT2D eigenvalue weighted by Gasteiger charge is 2.43. The lowest BCUT2D eigenvalue weighted by atomic mass is 10.0. The van der Waals surface area contributed by atoms with E-state index in [1.807, 2.05) is 50.2 Å². The Balaban J connectivity index is 1.69. The number of nitrogens with one attached hydrogen (secondary N) is 2. The van der Waals surface area contributed by atoms with Crippen molar-refractivity contribution in [3.05, 3.63) is 71.8 Å². The van der Waals surface area contributed by atoms with E-state index in [0.29, 0.717) is 24.9 Å². The summed E-state index contributed by atoms with van der Waals surface area (Å²) < 4.78 is 6.07. The molecule has 0 aromatic heterocycles. The van der Waals surface area contributed by atoms with Gasteiger partial charge < -0.3 is 25.1 Å². The summed E-state index contributed by atoms with van der Waals surface area (Å²) in [6.07, 6.45) is 0.928. The van der Waals surface area contributed by atoms with Gasteiger partial charge in [-0.15, -0.1) is 0 Å². The maximum atomic E-state index is 13.8. The van der Waals surface area contributed by atoms with E-state index in [2.05, 4.69) is 10.6 Å². The van der Waals surface area contributed by atoms with Crippen LogP contribution in [-0.2, 0) is 30.5 Å². The molecule has 3 rings (SSSR count). The van der Waals surface area contributed by atoms with Crippen molar-refractivity contribution in [1.82, 2.24) is 15.5 Å². The van der Waals surface area contributed by atoms with Crippen LogP contribution in [-0.4, -0.2) is 65.5 Å². The Labute approximate surface area is 235 Å². The second-order valence-corrected chi connectivity index (χ2v) is 10.4. The number of aldehydes is 1. The minimum absolute atomic E-state index is 0.0170. The standard InChI is InChI=1S/C31H39N3O6/c1-4-24(19-35)32-30(38)26-17-25(40-20-22-11-7-5-8-12-22)18-34(26)31(39)29(21(2)3)33-28(37)16-15-27(36)23-13-9-6-10-14-23/h5-14,19,21,24-26,29H,4,15-18,20H2,1-3H3,(H,32,38)(H,33,37)/t24-,25+,26-,29-/m0/s1. The monoisotopic (exact) mass is 549 g/mol. The molecule has 40 heavy (non-hydrogen) atoms. The molecule has 1 aliphatic heterocycles. The number of ether oxygens (including phenoxy) is 1. The number of rotatable bonds is 14. The van der Waals surface area contributed by atoms with Crippen molar-refractivity contribution in [2.24, 2.45) is 5.92 Å². The fourth-order valence-corrected chi connectivity index (χ4v) is 4.64. The first-order chi connectivity index (χ1) is 19.2. The van der Waals surface area contributed by atoms with Crippen LogP contribution < -0.4 is 10.6 Å². The Hall–Kier alpha value is -3.85. The zero-order chi connectivity index (χ0) is 29.1. The van der Waals surface area contributed by atoms with Crippen molar-refractivity contribution in [3.63, 3.8) is 0 Å². The molecule has 4 atom stereocenters. The molecule has 2 aromatic rings.